The molecule has 0 bridgehead atoms. The third-order valence-electron chi connectivity index (χ3n) is 4.60. The van der Waals surface area contributed by atoms with Crippen molar-refractivity contribution in [3.63, 3.8) is 0 Å². The number of nitrogens with zero attached hydrogens (tertiary/aromatic N) is 1. The number of halogens is 2. The van der Waals surface area contributed by atoms with Gasteiger partial charge in [0.25, 0.3) is 0 Å². The van der Waals surface area contributed by atoms with Crippen LogP contribution in [-0.4, -0.2) is 29.0 Å². The summed E-state index contributed by atoms with van der Waals surface area (Å²) in [5.41, 5.74) is 1.44. The van der Waals surface area contributed by atoms with Crippen molar-refractivity contribution in [1.82, 2.24) is 4.90 Å². The minimum Gasteiger partial charge on any atom is -0.383 e. The van der Waals surface area contributed by atoms with Crippen molar-refractivity contribution < 1.29 is 14.3 Å². The van der Waals surface area contributed by atoms with Crippen LogP contribution in [-0.2, 0) is 16.8 Å². The van der Waals surface area contributed by atoms with E-state index in [1.807, 2.05) is 31.2 Å². The topological polar surface area (TPSA) is 40.5 Å². The van der Waals surface area contributed by atoms with Gasteiger partial charge in [0.1, 0.15) is 11.4 Å². The van der Waals surface area contributed by atoms with Crippen molar-refractivity contribution in [1.29, 1.82) is 0 Å². The molecule has 2 aromatic carbocycles. The Balaban J connectivity index is 1.73. The van der Waals surface area contributed by atoms with Crippen molar-refractivity contribution in [2.45, 2.75) is 25.4 Å². The van der Waals surface area contributed by atoms with Crippen LogP contribution in [0.2, 0.25) is 5.02 Å². The molecule has 1 atom stereocenters. The van der Waals surface area contributed by atoms with E-state index in [0.717, 1.165) is 11.1 Å². The van der Waals surface area contributed by atoms with Gasteiger partial charge in [-0.2, -0.15) is 0 Å². The Morgan fingerprint density at radius 1 is 1.33 bits per heavy atom. The highest BCUT2D eigenvalue weighted by molar-refractivity contribution is 6.31. The Morgan fingerprint density at radius 2 is 2.08 bits per heavy atom. The van der Waals surface area contributed by atoms with Gasteiger partial charge in [-0.1, -0.05) is 41.9 Å². The lowest BCUT2D eigenvalue weighted by Crippen LogP contribution is -2.35. The number of hydrogen-bond donors (Lipinski definition) is 1. The number of benzene rings is 2. The predicted octanol–water partition coefficient (Wildman–Crippen LogP) is 3.45. The number of β-amino-alcohol motifs (C(OH)–C–C–N with tert-alkyl or cyclic N) is 1. The molecular formula is C19H19ClFNO2. The van der Waals surface area contributed by atoms with Crippen LogP contribution in [0.4, 0.5) is 4.39 Å². The Morgan fingerprint density at radius 3 is 2.79 bits per heavy atom. The minimum atomic E-state index is -1.02. The van der Waals surface area contributed by atoms with Gasteiger partial charge >= 0.3 is 0 Å². The molecule has 0 unspecified atom stereocenters. The van der Waals surface area contributed by atoms with Crippen molar-refractivity contribution in [3.05, 3.63) is 70.0 Å². The number of rotatable bonds is 3. The molecule has 3 rings (SSSR count). The van der Waals surface area contributed by atoms with Crippen LogP contribution in [0.5, 0.6) is 0 Å². The minimum absolute atomic E-state index is 0.100. The van der Waals surface area contributed by atoms with Gasteiger partial charge in [0.05, 0.1) is 13.0 Å². The van der Waals surface area contributed by atoms with E-state index < -0.39 is 11.4 Å². The maximum Gasteiger partial charge on any atom is 0.227 e. The quantitative estimate of drug-likeness (QED) is 0.923. The van der Waals surface area contributed by atoms with E-state index in [1.165, 1.54) is 18.2 Å². The largest absolute Gasteiger partial charge is 0.383 e. The van der Waals surface area contributed by atoms with Crippen LogP contribution in [0.1, 0.15) is 23.1 Å². The smallest absolute Gasteiger partial charge is 0.227 e. The molecular weight excluding hydrogens is 329 g/mol. The molecule has 5 heteroatoms. The van der Waals surface area contributed by atoms with E-state index in [4.69, 9.17) is 11.6 Å². The molecule has 1 N–H and O–H groups in total. The van der Waals surface area contributed by atoms with Gasteiger partial charge in [-0.3, -0.25) is 4.79 Å². The Hall–Kier alpha value is -1.91. The van der Waals surface area contributed by atoms with E-state index in [9.17, 15) is 14.3 Å². The van der Waals surface area contributed by atoms with E-state index in [2.05, 4.69) is 0 Å². The summed E-state index contributed by atoms with van der Waals surface area (Å²) >= 11 is 5.99. The van der Waals surface area contributed by atoms with Crippen LogP contribution in [0, 0.1) is 12.7 Å². The third kappa shape index (κ3) is 3.30. The van der Waals surface area contributed by atoms with Crippen LogP contribution >= 0.6 is 11.6 Å². The van der Waals surface area contributed by atoms with Crippen molar-refractivity contribution >= 4 is 17.5 Å². The zero-order chi connectivity index (χ0) is 17.3. The molecule has 1 aliphatic heterocycles. The fourth-order valence-electron chi connectivity index (χ4n) is 3.26. The van der Waals surface area contributed by atoms with Gasteiger partial charge in [0, 0.05) is 11.6 Å². The molecule has 1 fully saturated rings. The van der Waals surface area contributed by atoms with Crippen molar-refractivity contribution in [3.8, 4) is 0 Å². The van der Waals surface area contributed by atoms with E-state index in [-0.39, 0.29) is 23.9 Å². The Kier molecular flexibility index (Phi) is 4.61. The fraction of sp³-hybridized carbons (Fsp3) is 0.316. The summed E-state index contributed by atoms with van der Waals surface area (Å²) < 4.78 is 13.1. The number of hydrogen-bond acceptors (Lipinski definition) is 2. The van der Waals surface area contributed by atoms with Gasteiger partial charge in [0.15, 0.2) is 0 Å². The third-order valence-corrected chi connectivity index (χ3v) is 4.96. The lowest BCUT2D eigenvalue weighted by Gasteiger charge is -2.25. The maximum atomic E-state index is 13.1. The number of aliphatic hydroxyl groups is 1. The molecule has 0 radical (unpaired) electrons. The molecule has 0 spiro atoms. The van der Waals surface area contributed by atoms with Gasteiger partial charge < -0.3 is 10.0 Å². The number of aryl methyl sites for hydroxylation is 1. The van der Waals surface area contributed by atoms with E-state index >= 15 is 0 Å². The predicted molar refractivity (Wildman–Crippen MR) is 91.4 cm³/mol. The molecule has 2 aromatic rings. The molecule has 0 aromatic heterocycles. The molecule has 24 heavy (non-hydrogen) atoms. The summed E-state index contributed by atoms with van der Waals surface area (Å²) in [5, 5.41) is 11.2. The molecule has 0 saturated carbocycles. The monoisotopic (exact) mass is 347 g/mol. The van der Waals surface area contributed by atoms with Gasteiger partial charge in [-0.15, -0.1) is 0 Å². The number of likely N-dealkylation sites (tertiary alicyclic amines) is 1. The summed E-state index contributed by atoms with van der Waals surface area (Å²) in [6, 6.07) is 11.7. The maximum absolute atomic E-state index is 13.1. The average Bonchev–Trinajstić information content (AvgIpc) is 2.94. The van der Waals surface area contributed by atoms with Gasteiger partial charge in [-0.25, -0.2) is 4.39 Å². The molecule has 1 saturated heterocycles. The molecule has 0 aliphatic carbocycles. The number of carbonyl (C=O) groups is 1. The zero-order valence-electron chi connectivity index (χ0n) is 13.4. The highest BCUT2D eigenvalue weighted by atomic mass is 35.5. The first-order valence-electron chi connectivity index (χ1n) is 7.89. The molecule has 1 aliphatic rings. The normalized spacial score (nSPS) is 20.4. The fourth-order valence-corrected chi connectivity index (χ4v) is 3.50. The zero-order valence-corrected chi connectivity index (χ0v) is 14.2. The van der Waals surface area contributed by atoms with Gasteiger partial charge in [0.2, 0.25) is 5.91 Å². The van der Waals surface area contributed by atoms with E-state index in [1.54, 1.807) is 4.90 Å². The van der Waals surface area contributed by atoms with Crippen LogP contribution in [0.3, 0.4) is 0 Å². The standard InChI is InChI=1S/C19H19ClFNO2/c1-13-4-2-3-5-16(13)19(24)8-9-22(12-19)18(23)10-14-6-7-15(21)11-17(14)20/h2-7,11,24H,8-10,12H2,1H3/t19-/m0/s1. The van der Waals surface area contributed by atoms with E-state index in [0.29, 0.717) is 18.5 Å². The summed E-state index contributed by atoms with van der Waals surface area (Å²) in [5.74, 6) is -0.542. The van der Waals surface area contributed by atoms with Crippen LogP contribution in [0.25, 0.3) is 0 Å². The lowest BCUT2D eigenvalue weighted by atomic mass is 9.89. The Bertz CT molecular complexity index is 780. The second-order valence-electron chi connectivity index (χ2n) is 6.32. The number of carbonyl (C=O) groups excluding carboxylic acids is 1. The van der Waals surface area contributed by atoms with Crippen LogP contribution < -0.4 is 0 Å². The first-order valence-corrected chi connectivity index (χ1v) is 8.27. The van der Waals surface area contributed by atoms with Crippen molar-refractivity contribution in [2.24, 2.45) is 0 Å². The molecule has 1 amide bonds. The summed E-state index contributed by atoms with van der Waals surface area (Å²) in [6.45, 7) is 2.70. The second-order valence-corrected chi connectivity index (χ2v) is 6.73. The molecule has 3 nitrogen and oxygen atoms in total. The average molecular weight is 348 g/mol. The summed E-state index contributed by atoms with van der Waals surface area (Å²) in [6.07, 6.45) is 0.601. The summed E-state index contributed by atoms with van der Waals surface area (Å²) in [4.78, 5) is 14.2. The lowest BCUT2D eigenvalue weighted by molar-refractivity contribution is -0.130. The Labute approximate surface area is 145 Å². The van der Waals surface area contributed by atoms with Crippen LogP contribution in [0.15, 0.2) is 42.5 Å². The SMILES string of the molecule is Cc1ccccc1[C@]1(O)CCN(C(=O)Cc2ccc(F)cc2Cl)C1. The first kappa shape index (κ1) is 16.9. The first-order chi connectivity index (χ1) is 11.4. The highest BCUT2D eigenvalue weighted by Gasteiger charge is 2.40. The second kappa shape index (κ2) is 6.54. The number of amides is 1. The summed E-state index contributed by atoms with van der Waals surface area (Å²) in [7, 11) is 0. The molecule has 126 valence electrons. The molecule has 1 heterocycles. The highest BCUT2D eigenvalue weighted by Crippen LogP contribution is 2.34. The van der Waals surface area contributed by atoms with Gasteiger partial charge in [-0.05, 0) is 42.2 Å². The van der Waals surface area contributed by atoms with Crippen molar-refractivity contribution in [2.75, 3.05) is 13.1 Å².